The van der Waals surface area contributed by atoms with Gasteiger partial charge in [-0.1, -0.05) is 0 Å². The van der Waals surface area contributed by atoms with E-state index >= 15 is 0 Å². The van der Waals surface area contributed by atoms with E-state index in [1.807, 2.05) is 0 Å². The lowest BCUT2D eigenvalue weighted by Gasteiger charge is -2.14. The molecule has 1 atom stereocenters. The van der Waals surface area contributed by atoms with Crippen LogP contribution in [0.2, 0.25) is 0 Å². The average Bonchev–Trinajstić information content (AvgIpc) is 2.72. The zero-order valence-corrected chi connectivity index (χ0v) is 10.6. The zero-order valence-electron chi connectivity index (χ0n) is 10.6. The van der Waals surface area contributed by atoms with Gasteiger partial charge in [0.2, 0.25) is 0 Å². The molecule has 3 nitrogen and oxygen atoms in total. The third-order valence-corrected chi connectivity index (χ3v) is 3.16. The highest BCUT2D eigenvalue weighted by Gasteiger charge is 2.30. The maximum atomic E-state index is 12.5. The Hall–Kier alpha value is -1.72. The Morgan fingerprint density at radius 2 is 2.16 bits per heavy atom. The third-order valence-electron chi connectivity index (χ3n) is 3.16. The first-order valence-corrected chi connectivity index (χ1v) is 6.10. The minimum absolute atomic E-state index is 0.113. The van der Waals surface area contributed by atoms with Crippen LogP contribution in [0, 0.1) is 6.92 Å². The first kappa shape index (κ1) is 13.7. The van der Waals surface area contributed by atoms with Gasteiger partial charge < -0.3 is 11.1 Å². The maximum absolute atomic E-state index is 12.5. The number of rotatable bonds is 3. The van der Waals surface area contributed by atoms with Gasteiger partial charge in [0.1, 0.15) is 0 Å². The molecule has 0 fully saturated rings. The fourth-order valence-electron chi connectivity index (χ4n) is 2.09. The molecule has 0 saturated carbocycles. The minimum Gasteiger partial charge on any atom is -0.387 e. The van der Waals surface area contributed by atoms with E-state index in [0.717, 1.165) is 25.0 Å². The summed E-state index contributed by atoms with van der Waals surface area (Å²) in [5, 5.41) is 3.12. The molecule has 0 saturated heterocycles. The van der Waals surface area contributed by atoms with Crippen LogP contribution in [0.3, 0.4) is 0 Å². The van der Waals surface area contributed by atoms with Crippen LogP contribution in [0.25, 0.3) is 0 Å². The number of benzene rings is 1. The van der Waals surface area contributed by atoms with Crippen molar-refractivity contribution in [3.05, 3.63) is 29.3 Å². The summed E-state index contributed by atoms with van der Waals surface area (Å²) in [6.07, 6.45) is -2.62. The highest BCUT2D eigenvalue weighted by molar-refractivity contribution is 5.82. The molecule has 0 bridgehead atoms. The van der Waals surface area contributed by atoms with E-state index in [0.29, 0.717) is 23.6 Å². The molecule has 0 radical (unpaired) electrons. The number of hydrogen-bond acceptors (Lipinski definition) is 3. The molecule has 6 heteroatoms. The molecule has 104 valence electrons. The summed E-state index contributed by atoms with van der Waals surface area (Å²) in [6.45, 7) is 2.25. The Kier molecular flexibility index (Phi) is 3.68. The van der Waals surface area contributed by atoms with Crippen molar-refractivity contribution in [2.45, 2.75) is 32.0 Å². The summed E-state index contributed by atoms with van der Waals surface area (Å²) in [5.41, 5.74) is 6.24. The fourth-order valence-corrected chi connectivity index (χ4v) is 2.09. The molecule has 1 aliphatic rings. The molecular weight excluding hydrogens is 255 g/mol. The Balaban J connectivity index is 2.02. The topological polar surface area (TPSA) is 50.4 Å². The van der Waals surface area contributed by atoms with Crippen molar-refractivity contribution in [1.82, 2.24) is 0 Å². The van der Waals surface area contributed by atoms with Crippen LogP contribution in [0.1, 0.15) is 24.0 Å². The maximum Gasteiger partial charge on any atom is 0.416 e. The van der Waals surface area contributed by atoms with Crippen LogP contribution in [0.15, 0.2) is 23.2 Å². The summed E-state index contributed by atoms with van der Waals surface area (Å²) in [7, 11) is 0. The van der Waals surface area contributed by atoms with Crippen molar-refractivity contribution >= 4 is 11.5 Å². The number of halogens is 3. The molecule has 0 unspecified atom stereocenters. The number of hydrogen-bond donors (Lipinski definition) is 2. The van der Waals surface area contributed by atoms with Gasteiger partial charge in [0.25, 0.3) is 0 Å². The zero-order chi connectivity index (χ0) is 14.0. The molecule has 0 amide bonds. The van der Waals surface area contributed by atoms with Crippen molar-refractivity contribution in [2.24, 2.45) is 10.7 Å². The molecule has 3 N–H and O–H groups in total. The van der Waals surface area contributed by atoms with Gasteiger partial charge in [0.15, 0.2) is 0 Å². The number of nitrogens with two attached hydrogens (primary N) is 1. The van der Waals surface area contributed by atoms with E-state index in [4.69, 9.17) is 5.73 Å². The second-order valence-electron chi connectivity index (χ2n) is 4.72. The van der Waals surface area contributed by atoms with Gasteiger partial charge in [-0.25, -0.2) is 0 Å². The molecule has 0 spiro atoms. The molecule has 0 aliphatic carbocycles. The van der Waals surface area contributed by atoms with Crippen molar-refractivity contribution in [1.29, 1.82) is 0 Å². The second-order valence-corrected chi connectivity index (χ2v) is 4.72. The molecule has 19 heavy (non-hydrogen) atoms. The number of nitrogens with zero attached hydrogens (tertiary/aromatic N) is 1. The first-order valence-electron chi connectivity index (χ1n) is 6.10. The van der Waals surface area contributed by atoms with E-state index in [-0.39, 0.29) is 6.04 Å². The van der Waals surface area contributed by atoms with Gasteiger partial charge in [0, 0.05) is 18.7 Å². The normalized spacial score (nSPS) is 19.4. The van der Waals surface area contributed by atoms with E-state index < -0.39 is 11.7 Å². The predicted octanol–water partition coefficient (Wildman–Crippen LogP) is 2.95. The molecule has 0 aromatic heterocycles. The van der Waals surface area contributed by atoms with E-state index in [2.05, 4.69) is 10.3 Å². The van der Waals surface area contributed by atoms with Gasteiger partial charge in [0.05, 0.1) is 17.4 Å². The summed E-state index contributed by atoms with van der Waals surface area (Å²) >= 11 is 0. The molecular formula is C13H16F3N3. The molecule has 1 heterocycles. The fraction of sp³-hybridized carbons (Fsp3) is 0.462. The summed E-state index contributed by atoms with van der Waals surface area (Å²) in [4.78, 5) is 4.24. The van der Waals surface area contributed by atoms with Gasteiger partial charge in [-0.05, 0) is 37.1 Å². The van der Waals surface area contributed by atoms with Crippen molar-refractivity contribution < 1.29 is 13.2 Å². The number of aliphatic imine (C=N–C) groups is 1. The Bertz CT molecular complexity index is 494. The van der Waals surface area contributed by atoms with E-state index in [1.165, 1.54) is 6.07 Å². The lowest BCUT2D eigenvalue weighted by atomic mass is 10.1. The Morgan fingerprint density at radius 1 is 1.42 bits per heavy atom. The van der Waals surface area contributed by atoms with Crippen molar-refractivity contribution in [3.8, 4) is 0 Å². The van der Waals surface area contributed by atoms with Crippen LogP contribution in [0.5, 0.6) is 0 Å². The van der Waals surface area contributed by atoms with Crippen LogP contribution in [-0.4, -0.2) is 18.4 Å². The van der Waals surface area contributed by atoms with Gasteiger partial charge in [-0.2, -0.15) is 13.2 Å². The number of alkyl halides is 3. The molecule has 1 aliphatic heterocycles. The largest absolute Gasteiger partial charge is 0.416 e. The predicted molar refractivity (Wildman–Crippen MR) is 69.3 cm³/mol. The van der Waals surface area contributed by atoms with E-state index in [1.54, 1.807) is 6.92 Å². The molecule has 1 aromatic rings. The average molecular weight is 271 g/mol. The van der Waals surface area contributed by atoms with Crippen LogP contribution >= 0.6 is 0 Å². The first-order chi connectivity index (χ1) is 8.86. The van der Waals surface area contributed by atoms with Gasteiger partial charge in [-0.15, -0.1) is 0 Å². The van der Waals surface area contributed by atoms with Gasteiger partial charge in [-0.3, -0.25) is 4.99 Å². The standard InChI is InChI=1S/C13H16F3N3/c1-8-6-9(13(14,15)16)2-4-11(8)18-7-10-3-5-12(17)19-10/h2,4,6,10,18H,3,5,7H2,1H3,(H2,17,19)/t10-/m1/s1. The third kappa shape index (κ3) is 3.39. The molecule has 1 aromatic carbocycles. The Labute approximate surface area is 109 Å². The minimum atomic E-state index is -4.30. The van der Waals surface area contributed by atoms with Crippen molar-refractivity contribution in [3.63, 3.8) is 0 Å². The number of amidine groups is 1. The molecule has 2 rings (SSSR count). The SMILES string of the molecule is Cc1cc(C(F)(F)F)ccc1NC[C@H]1CCC(N)=N1. The smallest absolute Gasteiger partial charge is 0.387 e. The monoisotopic (exact) mass is 271 g/mol. The highest BCUT2D eigenvalue weighted by Crippen LogP contribution is 2.31. The lowest BCUT2D eigenvalue weighted by molar-refractivity contribution is -0.137. The quantitative estimate of drug-likeness (QED) is 0.888. The number of nitrogens with one attached hydrogen (secondary N) is 1. The van der Waals surface area contributed by atoms with Crippen molar-refractivity contribution in [2.75, 3.05) is 11.9 Å². The summed E-state index contributed by atoms with van der Waals surface area (Å²) in [6, 6.07) is 3.80. The Morgan fingerprint density at radius 3 is 2.68 bits per heavy atom. The van der Waals surface area contributed by atoms with Gasteiger partial charge >= 0.3 is 6.18 Å². The summed E-state index contributed by atoms with van der Waals surface area (Å²) < 4.78 is 37.6. The number of anilines is 1. The van der Waals surface area contributed by atoms with E-state index in [9.17, 15) is 13.2 Å². The lowest BCUT2D eigenvalue weighted by Crippen LogP contribution is -2.16. The second kappa shape index (κ2) is 5.11. The number of aryl methyl sites for hydroxylation is 1. The van der Waals surface area contributed by atoms with Crippen LogP contribution in [0.4, 0.5) is 18.9 Å². The summed E-state index contributed by atoms with van der Waals surface area (Å²) in [5.74, 6) is 0.649. The van der Waals surface area contributed by atoms with Crippen LogP contribution < -0.4 is 11.1 Å². The van der Waals surface area contributed by atoms with Crippen LogP contribution in [-0.2, 0) is 6.18 Å². The highest BCUT2D eigenvalue weighted by atomic mass is 19.4.